The lowest BCUT2D eigenvalue weighted by Crippen LogP contribution is -2.40. The van der Waals surface area contributed by atoms with E-state index in [2.05, 4.69) is 26.1 Å². The molecule has 1 aromatic heterocycles. The van der Waals surface area contributed by atoms with Gasteiger partial charge in [0.1, 0.15) is 0 Å². The number of aromatic nitrogens is 2. The standard InChI is InChI=1S/C17H18BrN3O4/c1-11-19-15(25-20-11)10-24-17(23)13-6-8-21(9-7-13)16(22)12-2-4-14(18)5-3-12/h2-5,13H,6-10H2,1H3. The van der Waals surface area contributed by atoms with Gasteiger partial charge in [0, 0.05) is 23.1 Å². The van der Waals surface area contributed by atoms with Crippen molar-refractivity contribution in [2.45, 2.75) is 26.4 Å². The van der Waals surface area contributed by atoms with Crippen LogP contribution in [-0.4, -0.2) is 40.0 Å². The summed E-state index contributed by atoms with van der Waals surface area (Å²) in [6, 6.07) is 7.27. The third-order valence-electron chi connectivity index (χ3n) is 4.11. The van der Waals surface area contributed by atoms with Crippen LogP contribution in [0, 0.1) is 12.8 Å². The number of likely N-dealkylation sites (tertiary alicyclic amines) is 1. The van der Waals surface area contributed by atoms with Gasteiger partial charge in [0.25, 0.3) is 11.8 Å². The SMILES string of the molecule is Cc1noc(COC(=O)C2CCN(C(=O)c3ccc(Br)cc3)CC2)n1. The molecule has 0 atom stereocenters. The van der Waals surface area contributed by atoms with Crippen LogP contribution >= 0.6 is 15.9 Å². The first kappa shape index (κ1) is 17.6. The maximum atomic E-state index is 12.5. The number of rotatable bonds is 4. The fourth-order valence-corrected chi connectivity index (χ4v) is 3.01. The number of amides is 1. The molecule has 1 amide bonds. The molecule has 0 saturated carbocycles. The van der Waals surface area contributed by atoms with Crippen molar-refractivity contribution in [3.05, 3.63) is 46.0 Å². The fraction of sp³-hybridized carbons (Fsp3) is 0.412. The average molecular weight is 408 g/mol. The molecule has 2 heterocycles. The second kappa shape index (κ2) is 7.77. The van der Waals surface area contributed by atoms with Crippen LogP contribution < -0.4 is 0 Å². The molecular weight excluding hydrogens is 390 g/mol. The maximum absolute atomic E-state index is 12.5. The number of ether oxygens (including phenoxy) is 1. The molecule has 1 aliphatic rings. The van der Waals surface area contributed by atoms with E-state index >= 15 is 0 Å². The molecule has 2 aromatic rings. The van der Waals surface area contributed by atoms with Gasteiger partial charge in [-0.3, -0.25) is 9.59 Å². The van der Waals surface area contributed by atoms with E-state index < -0.39 is 0 Å². The van der Waals surface area contributed by atoms with Gasteiger partial charge in [0.2, 0.25) is 0 Å². The summed E-state index contributed by atoms with van der Waals surface area (Å²) in [6.45, 7) is 2.76. The highest BCUT2D eigenvalue weighted by molar-refractivity contribution is 9.10. The molecule has 0 aliphatic carbocycles. The normalized spacial score (nSPS) is 15.2. The van der Waals surface area contributed by atoms with Crippen LogP contribution in [0.1, 0.15) is 34.9 Å². The molecule has 1 fully saturated rings. The third-order valence-corrected chi connectivity index (χ3v) is 4.64. The molecule has 25 heavy (non-hydrogen) atoms. The Morgan fingerprint density at radius 3 is 2.56 bits per heavy atom. The van der Waals surface area contributed by atoms with E-state index in [-0.39, 0.29) is 30.3 Å². The number of hydrogen-bond donors (Lipinski definition) is 0. The summed E-state index contributed by atoms with van der Waals surface area (Å²) in [7, 11) is 0. The molecular formula is C17H18BrN3O4. The molecule has 1 saturated heterocycles. The van der Waals surface area contributed by atoms with Gasteiger partial charge in [-0.05, 0) is 44.0 Å². The second-order valence-electron chi connectivity index (χ2n) is 5.92. The smallest absolute Gasteiger partial charge is 0.309 e. The van der Waals surface area contributed by atoms with Crippen LogP contribution in [-0.2, 0) is 16.1 Å². The molecule has 7 nitrogen and oxygen atoms in total. The van der Waals surface area contributed by atoms with Crippen molar-refractivity contribution in [2.24, 2.45) is 5.92 Å². The third kappa shape index (κ3) is 4.45. The minimum atomic E-state index is -0.286. The largest absolute Gasteiger partial charge is 0.455 e. The van der Waals surface area contributed by atoms with Crippen molar-refractivity contribution in [2.75, 3.05) is 13.1 Å². The highest BCUT2D eigenvalue weighted by Gasteiger charge is 2.29. The van der Waals surface area contributed by atoms with E-state index in [1.165, 1.54) is 0 Å². The summed E-state index contributed by atoms with van der Waals surface area (Å²) >= 11 is 3.36. The van der Waals surface area contributed by atoms with Crippen LogP contribution in [0.5, 0.6) is 0 Å². The van der Waals surface area contributed by atoms with Crippen LogP contribution in [0.4, 0.5) is 0 Å². The first-order valence-electron chi connectivity index (χ1n) is 8.03. The van der Waals surface area contributed by atoms with Crippen LogP contribution in [0.15, 0.2) is 33.3 Å². The van der Waals surface area contributed by atoms with E-state index in [1.807, 2.05) is 12.1 Å². The molecule has 8 heteroatoms. The van der Waals surface area contributed by atoms with Crippen molar-refractivity contribution < 1.29 is 18.8 Å². The van der Waals surface area contributed by atoms with Crippen molar-refractivity contribution in [1.82, 2.24) is 15.0 Å². The fourth-order valence-electron chi connectivity index (χ4n) is 2.74. The quantitative estimate of drug-likeness (QED) is 0.724. The number of carbonyl (C=O) groups is 2. The van der Waals surface area contributed by atoms with Gasteiger partial charge in [0.15, 0.2) is 12.4 Å². The van der Waals surface area contributed by atoms with Crippen molar-refractivity contribution in [3.8, 4) is 0 Å². The van der Waals surface area contributed by atoms with Crippen LogP contribution in [0.3, 0.4) is 0 Å². The summed E-state index contributed by atoms with van der Waals surface area (Å²) in [6.07, 6.45) is 1.17. The van der Waals surface area contributed by atoms with Gasteiger partial charge in [-0.25, -0.2) is 0 Å². The van der Waals surface area contributed by atoms with Gasteiger partial charge in [-0.15, -0.1) is 0 Å². The predicted molar refractivity (Wildman–Crippen MR) is 91.6 cm³/mol. The zero-order chi connectivity index (χ0) is 17.8. The zero-order valence-electron chi connectivity index (χ0n) is 13.8. The van der Waals surface area contributed by atoms with Crippen molar-refractivity contribution in [3.63, 3.8) is 0 Å². The Kier molecular flexibility index (Phi) is 5.47. The first-order chi connectivity index (χ1) is 12.0. The highest BCUT2D eigenvalue weighted by Crippen LogP contribution is 2.21. The molecule has 0 bridgehead atoms. The Balaban J connectivity index is 1.48. The van der Waals surface area contributed by atoms with Crippen molar-refractivity contribution in [1.29, 1.82) is 0 Å². The van der Waals surface area contributed by atoms with Crippen LogP contribution in [0.2, 0.25) is 0 Å². The monoisotopic (exact) mass is 407 g/mol. The molecule has 1 aliphatic heterocycles. The van der Waals surface area contributed by atoms with E-state index in [0.29, 0.717) is 37.3 Å². The van der Waals surface area contributed by atoms with Gasteiger partial charge in [-0.2, -0.15) is 4.98 Å². The lowest BCUT2D eigenvalue weighted by atomic mass is 9.96. The number of nitrogens with zero attached hydrogens (tertiary/aromatic N) is 3. The maximum Gasteiger partial charge on any atom is 0.309 e. The molecule has 3 rings (SSSR count). The Morgan fingerprint density at radius 1 is 1.28 bits per heavy atom. The zero-order valence-corrected chi connectivity index (χ0v) is 15.4. The predicted octanol–water partition coefficient (Wildman–Crippen LogP) is 2.74. The first-order valence-corrected chi connectivity index (χ1v) is 8.83. The molecule has 0 N–H and O–H groups in total. The van der Waals surface area contributed by atoms with Crippen molar-refractivity contribution >= 4 is 27.8 Å². The number of piperidine rings is 1. The Labute approximate surface area is 153 Å². The number of halogens is 1. The van der Waals surface area contributed by atoms with Gasteiger partial charge in [0.05, 0.1) is 5.92 Å². The summed E-state index contributed by atoms with van der Waals surface area (Å²) in [5.74, 6) is 0.282. The summed E-state index contributed by atoms with van der Waals surface area (Å²) in [4.78, 5) is 30.4. The highest BCUT2D eigenvalue weighted by atomic mass is 79.9. The average Bonchev–Trinajstić information content (AvgIpc) is 3.05. The van der Waals surface area contributed by atoms with E-state index in [9.17, 15) is 9.59 Å². The van der Waals surface area contributed by atoms with Gasteiger partial charge < -0.3 is 14.2 Å². The second-order valence-corrected chi connectivity index (χ2v) is 6.83. The Bertz CT molecular complexity index is 752. The number of aryl methyl sites for hydroxylation is 1. The number of benzene rings is 1. The minimum absolute atomic E-state index is 0.0133. The molecule has 0 unspecified atom stereocenters. The summed E-state index contributed by atoms with van der Waals surface area (Å²) in [5.41, 5.74) is 0.649. The Morgan fingerprint density at radius 2 is 1.96 bits per heavy atom. The Hall–Kier alpha value is -2.22. The summed E-state index contributed by atoms with van der Waals surface area (Å²) in [5, 5.41) is 3.65. The number of hydrogen-bond acceptors (Lipinski definition) is 6. The summed E-state index contributed by atoms with van der Waals surface area (Å²) < 4.78 is 11.1. The van der Waals surface area contributed by atoms with Gasteiger partial charge >= 0.3 is 5.97 Å². The van der Waals surface area contributed by atoms with E-state index in [1.54, 1.807) is 24.0 Å². The lowest BCUT2D eigenvalue weighted by molar-refractivity contribution is -0.152. The molecule has 1 aromatic carbocycles. The van der Waals surface area contributed by atoms with Gasteiger partial charge in [-0.1, -0.05) is 21.1 Å². The minimum Gasteiger partial charge on any atom is -0.455 e. The number of esters is 1. The van der Waals surface area contributed by atoms with Crippen LogP contribution in [0.25, 0.3) is 0 Å². The van der Waals surface area contributed by atoms with E-state index in [4.69, 9.17) is 9.26 Å². The molecule has 132 valence electrons. The topological polar surface area (TPSA) is 85.5 Å². The molecule has 0 spiro atoms. The van der Waals surface area contributed by atoms with E-state index in [0.717, 1.165) is 4.47 Å². The lowest BCUT2D eigenvalue weighted by Gasteiger charge is -2.30. The number of carbonyl (C=O) groups excluding carboxylic acids is 2. The molecule has 0 radical (unpaired) electrons.